The molecule has 4 fully saturated rings. The smallest absolute Gasteiger partial charge is 0.296 e. The van der Waals surface area contributed by atoms with E-state index in [1.807, 2.05) is 6.07 Å². The molecule has 4 aromatic heterocycles. The number of rotatable bonds is 14. The second kappa shape index (κ2) is 18.4. The zero-order chi connectivity index (χ0) is 47.3. The molecule has 0 bridgehead atoms. The van der Waals surface area contributed by atoms with Gasteiger partial charge in [0.15, 0.2) is 0 Å². The highest BCUT2D eigenvalue weighted by atomic mass is 32.2. The molecule has 10 rings (SSSR count). The molecule has 0 unspecified atom stereocenters. The van der Waals surface area contributed by atoms with E-state index in [0.717, 1.165) is 69.6 Å². The Morgan fingerprint density at radius 3 is 2.51 bits per heavy atom. The van der Waals surface area contributed by atoms with Gasteiger partial charge in [-0.25, -0.2) is 28.1 Å². The van der Waals surface area contributed by atoms with Crippen molar-refractivity contribution in [1.82, 2.24) is 39.4 Å². The van der Waals surface area contributed by atoms with Crippen molar-refractivity contribution in [3.05, 3.63) is 100 Å². The number of carbonyl (C=O) groups excluding carboxylic acids is 1. The molecule has 18 heteroatoms. The maximum Gasteiger partial charge on any atom is 0.296 e. The van der Waals surface area contributed by atoms with Crippen molar-refractivity contribution in [2.75, 3.05) is 50.5 Å². The SMILES string of the molecule is CC(C)c1ccccc1[C@@H]1CCCN1C1CC2(CCN(c3cc(Oc4cnc5[nH]ccc5c4)c(C(=O)NS(=O)(=O)c4cc([N+](=O)[O-])c(NCC5CCC(N(C)C)CC5)c5[nH]cnc45)cn3)CC2)C1. The molecule has 358 valence electrons. The van der Waals surface area contributed by atoms with E-state index in [1.165, 1.54) is 55.5 Å². The van der Waals surface area contributed by atoms with Crippen molar-refractivity contribution in [3.8, 4) is 11.5 Å². The number of carbonyl (C=O) groups is 1. The second-order valence-electron chi connectivity index (χ2n) is 20.1. The molecule has 0 radical (unpaired) electrons. The van der Waals surface area contributed by atoms with Crippen molar-refractivity contribution >= 4 is 55.2 Å². The van der Waals surface area contributed by atoms with Crippen LogP contribution in [0.2, 0.25) is 0 Å². The minimum atomic E-state index is -4.75. The predicted octanol–water partition coefficient (Wildman–Crippen LogP) is 8.90. The van der Waals surface area contributed by atoms with Crippen LogP contribution in [-0.4, -0.2) is 106 Å². The van der Waals surface area contributed by atoms with Gasteiger partial charge in [0.05, 0.1) is 23.0 Å². The Kier molecular flexibility index (Phi) is 12.4. The van der Waals surface area contributed by atoms with Gasteiger partial charge in [-0.1, -0.05) is 38.1 Å². The first-order valence-electron chi connectivity index (χ1n) is 24.1. The Bertz CT molecular complexity index is 2950. The summed E-state index contributed by atoms with van der Waals surface area (Å²) in [6, 6.07) is 16.8. The number of fused-ring (bicyclic) bond motifs is 2. The molecule has 2 saturated carbocycles. The minimum Gasteiger partial charge on any atom is -0.455 e. The highest BCUT2D eigenvalue weighted by Crippen LogP contribution is 2.54. The van der Waals surface area contributed by atoms with Gasteiger partial charge < -0.3 is 29.8 Å². The van der Waals surface area contributed by atoms with Crippen LogP contribution in [0.5, 0.6) is 11.5 Å². The van der Waals surface area contributed by atoms with Crippen molar-refractivity contribution < 1.29 is 22.9 Å². The van der Waals surface area contributed by atoms with E-state index in [2.05, 4.69) is 96.9 Å². The molecule has 6 aromatic rings. The van der Waals surface area contributed by atoms with Crippen molar-refractivity contribution in [2.24, 2.45) is 11.3 Å². The maximum absolute atomic E-state index is 14.2. The fourth-order valence-corrected chi connectivity index (χ4v) is 12.7. The molecular formula is C50H61N11O6S. The molecule has 17 nitrogen and oxygen atoms in total. The quantitative estimate of drug-likeness (QED) is 0.0595. The molecule has 2 aromatic carbocycles. The number of piperidine rings is 1. The lowest BCUT2D eigenvalue weighted by Gasteiger charge is -2.56. The Balaban J connectivity index is 0.865. The number of hydrogen-bond acceptors (Lipinski definition) is 13. The summed E-state index contributed by atoms with van der Waals surface area (Å²) in [5.74, 6) is 0.778. The molecule has 1 spiro atoms. The van der Waals surface area contributed by atoms with E-state index >= 15 is 0 Å². The topological polar surface area (TPSA) is 208 Å². The Morgan fingerprint density at radius 2 is 1.76 bits per heavy atom. The molecular weight excluding hydrogens is 883 g/mol. The van der Waals surface area contributed by atoms with Gasteiger partial charge in [0.25, 0.3) is 21.6 Å². The van der Waals surface area contributed by atoms with Crippen molar-refractivity contribution in [1.29, 1.82) is 0 Å². The van der Waals surface area contributed by atoms with E-state index in [9.17, 15) is 23.3 Å². The highest BCUT2D eigenvalue weighted by molar-refractivity contribution is 7.90. The molecule has 2 aliphatic carbocycles. The van der Waals surface area contributed by atoms with Crippen LogP contribution in [0.4, 0.5) is 17.2 Å². The van der Waals surface area contributed by atoms with Crippen molar-refractivity contribution in [2.45, 2.75) is 107 Å². The first-order chi connectivity index (χ1) is 32.8. The molecule has 2 aliphatic heterocycles. The zero-order valence-electron chi connectivity index (χ0n) is 39.2. The van der Waals surface area contributed by atoms with Gasteiger partial charge in [0.1, 0.15) is 44.6 Å². The average Bonchev–Trinajstić information content (AvgIpc) is 4.12. The summed E-state index contributed by atoms with van der Waals surface area (Å²) in [5, 5.41) is 16.6. The summed E-state index contributed by atoms with van der Waals surface area (Å²) in [5.41, 5.74) is 3.54. The minimum absolute atomic E-state index is 0.0390. The third-order valence-corrected chi connectivity index (χ3v) is 16.7. The average molecular weight is 944 g/mol. The normalized spacial score (nSPS) is 21.2. The van der Waals surface area contributed by atoms with Gasteiger partial charge in [-0.2, -0.15) is 0 Å². The molecule has 6 heterocycles. The number of H-pyrrole nitrogens is 2. The molecule has 4 N–H and O–H groups in total. The number of imidazole rings is 1. The third-order valence-electron chi connectivity index (χ3n) is 15.4. The fraction of sp³-hybridized carbons (Fsp3) is 0.480. The third kappa shape index (κ3) is 8.89. The zero-order valence-corrected chi connectivity index (χ0v) is 40.0. The maximum atomic E-state index is 14.2. The number of anilines is 2. The summed E-state index contributed by atoms with van der Waals surface area (Å²) in [7, 11) is -0.596. The van der Waals surface area contributed by atoms with Crippen LogP contribution >= 0.6 is 0 Å². The summed E-state index contributed by atoms with van der Waals surface area (Å²) >= 11 is 0. The highest BCUT2D eigenvalue weighted by Gasteiger charge is 2.50. The summed E-state index contributed by atoms with van der Waals surface area (Å²) in [4.78, 5) is 52.2. The number of amides is 1. The van der Waals surface area contributed by atoms with E-state index in [1.54, 1.807) is 18.3 Å². The van der Waals surface area contributed by atoms with Crippen LogP contribution in [0.25, 0.3) is 22.1 Å². The number of ether oxygens (including phenoxy) is 1. The van der Waals surface area contributed by atoms with Gasteiger partial charge in [0.2, 0.25) is 0 Å². The van der Waals surface area contributed by atoms with Crippen LogP contribution in [0, 0.1) is 21.4 Å². The first-order valence-corrected chi connectivity index (χ1v) is 25.6. The number of nitrogens with one attached hydrogen (secondary N) is 4. The van der Waals surface area contributed by atoms with E-state index in [4.69, 9.17) is 9.72 Å². The monoisotopic (exact) mass is 943 g/mol. The number of pyridine rings is 2. The predicted molar refractivity (Wildman–Crippen MR) is 262 cm³/mol. The number of aromatic nitrogens is 5. The molecule has 1 atom stereocenters. The van der Waals surface area contributed by atoms with E-state index in [0.29, 0.717) is 47.8 Å². The Labute approximate surface area is 396 Å². The second-order valence-corrected chi connectivity index (χ2v) is 21.7. The van der Waals surface area contributed by atoms with Crippen LogP contribution in [-0.2, 0) is 10.0 Å². The Morgan fingerprint density at radius 1 is 0.985 bits per heavy atom. The molecule has 1 amide bonds. The largest absolute Gasteiger partial charge is 0.455 e. The summed E-state index contributed by atoms with van der Waals surface area (Å²) in [6.07, 6.45) is 16.7. The van der Waals surface area contributed by atoms with Crippen LogP contribution in [0.1, 0.15) is 112 Å². The molecule has 68 heavy (non-hydrogen) atoms. The lowest BCUT2D eigenvalue weighted by atomic mass is 9.60. The number of likely N-dealkylation sites (tertiary alicyclic amines) is 1. The lowest BCUT2D eigenvalue weighted by molar-refractivity contribution is -0.384. The van der Waals surface area contributed by atoms with Gasteiger partial charge in [-0.15, -0.1) is 0 Å². The number of aromatic amines is 2. The van der Waals surface area contributed by atoms with Crippen LogP contribution in [0.15, 0.2) is 78.3 Å². The number of nitro benzene ring substituents is 1. The van der Waals surface area contributed by atoms with E-state index < -0.39 is 31.4 Å². The number of nitro groups is 1. The number of sulfonamides is 1. The number of nitrogens with zero attached hydrogens (tertiary/aromatic N) is 7. The van der Waals surface area contributed by atoms with Crippen molar-refractivity contribution in [3.63, 3.8) is 0 Å². The fourth-order valence-electron chi connectivity index (χ4n) is 11.6. The summed E-state index contributed by atoms with van der Waals surface area (Å²) < 4.78 is 37.0. The molecule has 2 saturated heterocycles. The van der Waals surface area contributed by atoms with Gasteiger partial charge in [0, 0.05) is 67.7 Å². The standard InChI is InChI=1S/C50H61N11O6S/c1-31(2)37-8-5-6-9-38(37)40-10-7-19-60(40)35-25-50(26-35)16-20-59(21-17-50)44-24-42(67-36-22-33-15-18-51-48(33)54-28-36)39(29-52-44)49(62)57-68(65,66)43-23-41(61(63)64)45(47-46(43)55-30-56-47)53-27-32-11-13-34(14-12-32)58(3)4/h5-6,8-9,15,18,22-24,28-32,34-35,40,53H,7,10-14,16-17,19-21,25-27H2,1-4H3,(H,51,54)(H,55,56)(H,57,62)/t32?,34?,40-/m0/s1. The first kappa shape index (κ1) is 45.7. The number of hydrogen-bond donors (Lipinski definition) is 4. The number of benzene rings is 2. The van der Waals surface area contributed by atoms with Crippen LogP contribution < -0.4 is 19.7 Å². The lowest BCUT2D eigenvalue weighted by Crippen LogP contribution is -2.55. The summed E-state index contributed by atoms with van der Waals surface area (Å²) in [6.45, 7) is 7.73. The van der Waals surface area contributed by atoms with Crippen LogP contribution in [0.3, 0.4) is 0 Å². The van der Waals surface area contributed by atoms with Gasteiger partial charge in [-0.3, -0.25) is 19.8 Å². The Hall–Kier alpha value is -6.11. The molecule has 4 aliphatic rings. The van der Waals surface area contributed by atoms with E-state index in [-0.39, 0.29) is 39.4 Å². The van der Waals surface area contributed by atoms with Gasteiger partial charge in [-0.05, 0) is 125 Å². The van der Waals surface area contributed by atoms with Gasteiger partial charge >= 0.3 is 0 Å².